The zero-order chi connectivity index (χ0) is 16.8. The molecule has 0 aromatic carbocycles. The average Bonchev–Trinajstić information content (AvgIpc) is 3.13. The van der Waals surface area contributed by atoms with E-state index in [0.29, 0.717) is 6.54 Å². The van der Waals surface area contributed by atoms with E-state index in [4.69, 9.17) is 0 Å². The van der Waals surface area contributed by atoms with E-state index in [2.05, 4.69) is 17.3 Å². The predicted octanol–water partition coefficient (Wildman–Crippen LogP) is 2.98. The van der Waals surface area contributed by atoms with Crippen LogP contribution < -0.4 is 5.32 Å². The molecular formula is C17H23N3O2S. The summed E-state index contributed by atoms with van der Waals surface area (Å²) in [5.74, 6) is 0.242. The van der Waals surface area contributed by atoms with Gasteiger partial charge in [-0.25, -0.2) is 0 Å². The predicted molar refractivity (Wildman–Crippen MR) is 91.8 cm³/mol. The summed E-state index contributed by atoms with van der Waals surface area (Å²) in [5, 5.41) is 9.20. The number of amides is 1. The molecule has 23 heavy (non-hydrogen) atoms. The normalized spacial score (nSPS) is 12.1. The molecule has 0 aliphatic heterocycles. The zero-order valence-corrected chi connectivity index (χ0v) is 14.7. The third kappa shape index (κ3) is 5.32. The molecule has 0 unspecified atom stereocenters. The Morgan fingerprint density at radius 3 is 2.74 bits per heavy atom. The Bertz CT molecular complexity index is 661. The number of nitrogens with zero attached hydrogens (tertiary/aromatic N) is 2. The summed E-state index contributed by atoms with van der Waals surface area (Å²) in [5.41, 5.74) is 2.13. The van der Waals surface area contributed by atoms with E-state index in [-0.39, 0.29) is 30.4 Å². The number of thiophene rings is 1. The molecule has 0 bridgehead atoms. The standard InChI is InChI=1S/C17H23N3O2S/c1-12(11-20-14(3)9-13(2)19-20)10-18-17(22)7-6-15(21)16-5-4-8-23-16/h4-5,8-9,12H,6-7,10-11H2,1-3H3,(H,18,22)/t12-/m0/s1. The highest BCUT2D eigenvalue weighted by Crippen LogP contribution is 2.12. The molecule has 0 saturated heterocycles. The van der Waals surface area contributed by atoms with Crippen LogP contribution in [0.15, 0.2) is 23.6 Å². The molecule has 5 nitrogen and oxygen atoms in total. The van der Waals surface area contributed by atoms with Crippen LogP contribution >= 0.6 is 11.3 Å². The monoisotopic (exact) mass is 333 g/mol. The quantitative estimate of drug-likeness (QED) is 0.755. The van der Waals surface area contributed by atoms with Crippen LogP contribution in [0.3, 0.4) is 0 Å². The molecule has 1 atom stereocenters. The molecule has 124 valence electrons. The largest absolute Gasteiger partial charge is 0.356 e. The van der Waals surface area contributed by atoms with Crippen molar-refractivity contribution >= 4 is 23.0 Å². The average molecular weight is 333 g/mol. The van der Waals surface area contributed by atoms with E-state index >= 15 is 0 Å². The Hall–Kier alpha value is -1.95. The SMILES string of the molecule is Cc1cc(C)n(C[C@@H](C)CNC(=O)CCC(=O)c2cccs2)n1. The number of hydrogen-bond donors (Lipinski definition) is 1. The van der Waals surface area contributed by atoms with E-state index in [0.717, 1.165) is 22.8 Å². The van der Waals surface area contributed by atoms with Crippen LogP contribution in [0.4, 0.5) is 0 Å². The Kier molecular flexibility index (Phi) is 6.10. The first-order valence-electron chi connectivity index (χ1n) is 7.80. The van der Waals surface area contributed by atoms with E-state index in [1.165, 1.54) is 11.3 Å². The van der Waals surface area contributed by atoms with Gasteiger partial charge in [-0.2, -0.15) is 5.10 Å². The fourth-order valence-corrected chi connectivity index (χ4v) is 3.08. The van der Waals surface area contributed by atoms with Crippen LogP contribution in [0, 0.1) is 19.8 Å². The van der Waals surface area contributed by atoms with Crippen LogP contribution in [0.2, 0.25) is 0 Å². The number of nitrogens with one attached hydrogen (secondary N) is 1. The molecule has 1 amide bonds. The minimum Gasteiger partial charge on any atom is -0.356 e. The maximum atomic E-state index is 11.9. The van der Waals surface area contributed by atoms with E-state index < -0.39 is 0 Å². The van der Waals surface area contributed by atoms with Crippen molar-refractivity contribution in [2.24, 2.45) is 5.92 Å². The number of carbonyl (C=O) groups is 2. The second kappa shape index (κ2) is 8.06. The summed E-state index contributed by atoms with van der Waals surface area (Å²) in [6, 6.07) is 5.68. The van der Waals surface area contributed by atoms with Crippen LogP contribution in [-0.2, 0) is 11.3 Å². The van der Waals surface area contributed by atoms with Crippen molar-refractivity contribution in [2.75, 3.05) is 6.54 Å². The first kappa shape index (κ1) is 17.4. The lowest BCUT2D eigenvalue weighted by molar-refractivity contribution is -0.121. The van der Waals surface area contributed by atoms with Crippen LogP contribution in [-0.4, -0.2) is 28.0 Å². The van der Waals surface area contributed by atoms with Gasteiger partial charge in [0.05, 0.1) is 10.6 Å². The molecule has 6 heteroatoms. The van der Waals surface area contributed by atoms with E-state index in [1.54, 1.807) is 6.07 Å². The summed E-state index contributed by atoms with van der Waals surface area (Å²) in [7, 11) is 0. The molecule has 2 aromatic heterocycles. The Balaban J connectivity index is 1.69. The van der Waals surface area contributed by atoms with Crippen LogP contribution in [0.1, 0.15) is 40.8 Å². The van der Waals surface area contributed by atoms with Gasteiger partial charge in [0.25, 0.3) is 0 Å². The number of Topliss-reactive ketones (excluding diaryl/α,β-unsaturated/α-hetero) is 1. The van der Waals surface area contributed by atoms with Gasteiger partial charge in [-0.1, -0.05) is 13.0 Å². The van der Waals surface area contributed by atoms with Crippen molar-refractivity contribution in [3.63, 3.8) is 0 Å². The number of aryl methyl sites for hydroxylation is 2. The Morgan fingerprint density at radius 2 is 2.13 bits per heavy atom. The molecule has 2 rings (SSSR count). The smallest absolute Gasteiger partial charge is 0.220 e. The molecule has 2 aromatic rings. The fraction of sp³-hybridized carbons (Fsp3) is 0.471. The van der Waals surface area contributed by atoms with Gasteiger partial charge < -0.3 is 5.32 Å². The summed E-state index contributed by atoms with van der Waals surface area (Å²) in [4.78, 5) is 24.4. The van der Waals surface area contributed by atoms with E-state index in [9.17, 15) is 9.59 Å². The van der Waals surface area contributed by atoms with Gasteiger partial charge in [-0.15, -0.1) is 11.3 Å². The van der Waals surface area contributed by atoms with Crippen molar-refractivity contribution in [3.8, 4) is 0 Å². The summed E-state index contributed by atoms with van der Waals surface area (Å²) < 4.78 is 1.96. The maximum Gasteiger partial charge on any atom is 0.220 e. The van der Waals surface area contributed by atoms with Crippen LogP contribution in [0.25, 0.3) is 0 Å². The number of hydrogen-bond acceptors (Lipinski definition) is 4. The minimum atomic E-state index is -0.0740. The summed E-state index contributed by atoms with van der Waals surface area (Å²) in [6.45, 7) is 7.44. The van der Waals surface area contributed by atoms with Crippen molar-refractivity contribution in [2.45, 2.75) is 40.2 Å². The second-order valence-electron chi connectivity index (χ2n) is 5.92. The third-order valence-electron chi connectivity index (χ3n) is 3.61. The van der Waals surface area contributed by atoms with E-state index in [1.807, 2.05) is 36.0 Å². The number of carbonyl (C=O) groups excluding carboxylic acids is 2. The zero-order valence-electron chi connectivity index (χ0n) is 13.8. The maximum absolute atomic E-state index is 11.9. The molecule has 0 spiro atoms. The Morgan fingerprint density at radius 1 is 1.35 bits per heavy atom. The van der Waals surface area contributed by atoms with Gasteiger partial charge in [0, 0.05) is 31.6 Å². The van der Waals surface area contributed by atoms with Crippen molar-refractivity contribution in [1.82, 2.24) is 15.1 Å². The highest BCUT2D eigenvalue weighted by atomic mass is 32.1. The molecule has 0 radical (unpaired) electrons. The van der Waals surface area contributed by atoms with Crippen LogP contribution in [0.5, 0.6) is 0 Å². The van der Waals surface area contributed by atoms with Gasteiger partial charge in [0.1, 0.15) is 0 Å². The molecule has 1 N–H and O–H groups in total. The molecule has 0 aliphatic carbocycles. The van der Waals surface area contributed by atoms with Crippen molar-refractivity contribution in [3.05, 3.63) is 39.8 Å². The van der Waals surface area contributed by atoms with Gasteiger partial charge in [0.15, 0.2) is 5.78 Å². The fourth-order valence-electron chi connectivity index (χ4n) is 2.38. The molecule has 0 saturated carbocycles. The van der Waals surface area contributed by atoms with Gasteiger partial charge in [-0.05, 0) is 37.3 Å². The lowest BCUT2D eigenvalue weighted by Crippen LogP contribution is -2.30. The second-order valence-corrected chi connectivity index (χ2v) is 6.87. The van der Waals surface area contributed by atoms with Crippen molar-refractivity contribution < 1.29 is 9.59 Å². The highest BCUT2D eigenvalue weighted by Gasteiger charge is 2.12. The van der Waals surface area contributed by atoms with Gasteiger partial charge >= 0.3 is 0 Å². The van der Waals surface area contributed by atoms with Gasteiger partial charge in [-0.3, -0.25) is 14.3 Å². The number of ketones is 1. The Labute approximate surface area is 140 Å². The minimum absolute atomic E-state index is 0.0332. The lowest BCUT2D eigenvalue weighted by atomic mass is 10.1. The number of rotatable bonds is 8. The molecule has 2 heterocycles. The van der Waals surface area contributed by atoms with Crippen molar-refractivity contribution in [1.29, 1.82) is 0 Å². The number of aromatic nitrogens is 2. The molecule has 0 fully saturated rings. The third-order valence-corrected chi connectivity index (χ3v) is 4.52. The van der Waals surface area contributed by atoms with Gasteiger partial charge in [0.2, 0.25) is 5.91 Å². The topological polar surface area (TPSA) is 64.0 Å². The summed E-state index contributed by atoms with van der Waals surface area (Å²) in [6.07, 6.45) is 0.502. The molecule has 0 aliphatic rings. The molecular weight excluding hydrogens is 310 g/mol. The summed E-state index contributed by atoms with van der Waals surface area (Å²) >= 11 is 1.41. The first-order valence-corrected chi connectivity index (χ1v) is 8.68. The first-order chi connectivity index (χ1) is 11.0. The highest BCUT2D eigenvalue weighted by molar-refractivity contribution is 7.12. The lowest BCUT2D eigenvalue weighted by Gasteiger charge is -2.14.